The van der Waals surface area contributed by atoms with Crippen molar-refractivity contribution in [2.45, 2.75) is 25.9 Å². The zero-order chi connectivity index (χ0) is 22.6. The molecule has 1 amide bonds. The minimum Gasteiger partial charge on any atom is -0.381 e. The predicted molar refractivity (Wildman–Crippen MR) is 126 cm³/mol. The second-order valence-corrected chi connectivity index (χ2v) is 8.67. The molecule has 2 unspecified atom stereocenters. The third-order valence-electron chi connectivity index (χ3n) is 6.72. The number of amides is 1. The van der Waals surface area contributed by atoms with Crippen LogP contribution in [0.2, 0.25) is 0 Å². The van der Waals surface area contributed by atoms with E-state index in [0.717, 1.165) is 68.2 Å². The van der Waals surface area contributed by atoms with Crippen LogP contribution in [-0.2, 0) is 16.0 Å². The third-order valence-corrected chi connectivity index (χ3v) is 6.72. The molecule has 0 radical (unpaired) electrons. The average molecular weight is 450 g/mol. The molecule has 2 aliphatic heterocycles. The van der Waals surface area contributed by atoms with Crippen LogP contribution < -0.4 is 5.32 Å². The number of hydrogen-bond donors (Lipinski definition) is 1. The molecule has 0 bridgehead atoms. The lowest BCUT2D eigenvalue weighted by Gasteiger charge is -2.37. The van der Waals surface area contributed by atoms with E-state index in [4.69, 9.17) is 14.5 Å². The zero-order valence-electron chi connectivity index (χ0n) is 19.1. The summed E-state index contributed by atoms with van der Waals surface area (Å²) < 4.78 is 13.1. The summed E-state index contributed by atoms with van der Waals surface area (Å²) in [5, 5.41) is 8.47. The molecule has 2 aliphatic rings. The molecule has 33 heavy (non-hydrogen) atoms. The number of aromatic nitrogens is 3. The standard InChI is InChI=1S/C25H31N5O3/c1-2-30-24-21(15-27-30)20(14-22(28-24)18-6-4-3-5-7-18)25(31)26-16-23(19-8-11-33-17-19)29-9-12-32-13-10-29/h3-7,14-15,19,23H,2,8-13,16-17H2,1H3,(H,26,31). The molecule has 2 saturated heterocycles. The molecule has 2 aromatic heterocycles. The number of benzene rings is 1. The van der Waals surface area contributed by atoms with E-state index in [1.165, 1.54) is 0 Å². The number of carbonyl (C=O) groups excluding carboxylic acids is 1. The Morgan fingerprint density at radius 3 is 2.73 bits per heavy atom. The van der Waals surface area contributed by atoms with E-state index in [1.54, 1.807) is 6.20 Å². The van der Waals surface area contributed by atoms with E-state index in [2.05, 4.69) is 15.3 Å². The highest BCUT2D eigenvalue weighted by molar-refractivity contribution is 6.06. The Labute approximate surface area is 193 Å². The van der Waals surface area contributed by atoms with Crippen molar-refractivity contribution in [2.24, 2.45) is 5.92 Å². The minimum absolute atomic E-state index is 0.0904. The van der Waals surface area contributed by atoms with Crippen LogP contribution in [0.25, 0.3) is 22.3 Å². The molecule has 8 nitrogen and oxygen atoms in total. The Morgan fingerprint density at radius 2 is 2.00 bits per heavy atom. The zero-order valence-corrected chi connectivity index (χ0v) is 19.1. The molecule has 3 aromatic rings. The van der Waals surface area contributed by atoms with Crippen molar-refractivity contribution >= 4 is 16.9 Å². The number of ether oxygens (including phenoxy) is 2. The van der Waals surface area contributed by atoms with E-state index in [-0.39, 0.29) is 11.9 Å². The fourth-order valence-electron chi connectivity index (χ4n) is 4.88. The molecule has 4 heterocycles. The van der Waals surface area contributed by atoms with Crippen LogP contribution in [0.1, 0.15) is 23.7 Å². The van der Waals surface area contributed by atoms with Crippen LogP contribution in [0.15, 0.2) is 42.6 Å². The van der Waals surface area contributed by atoms with Crippen LogP contribution in [0.3, 0.4) is 0 Å². The van der Waals surface area contributed by atoms with Crippen molar-refractivity contribution in [3.8, 4) is 11.3 Å². The summed E-state index contributed by atoms with van der Waals surface area (Å²) in [6.45, 7) is 8.09. The number of morpholine rings is 1. The molecular formula is C25H31N5O3. The molecule has 5 rings (SSSR count). The van der Waals surface area contributed by atoms with Gasteiger partial charge in [0.1, 0.15) is 0 Å². The van der Waals surface area contributed by atoms with Crippen LogP contribution in [0.5, 0.6) is 0 Å². The largest absolute Gasteiger partial charge is 0.381 e. The number of nitrogens with one attached hydrogen (secondary N) is 1. The topological polar surface area (TPSA) is 81.5 Å². The molecule has 8 heteroatoms. The number of rotatable bonds is 7. The number of aryl methyl sites for hydroxylation is 1. The summed E-state index contributed by atoms with van der Waals surface area (Å²) in [5.41, 5.74) is 3.10. The first-order valence-electron chi connectivity index (χ1n) is 11.8. The summed E-state index contributed by atoms with van der Waals surface area (Å²) in [6, 6.07) is 12.1. The van der Waals surface area contributed by atoms with E-state index in [1.807, 2.05) is 48.0 Å². The molecule has 174 valence electrons. The summed E-state index contributed by atoms with van der Waals surface area (Å²) in [5.74, 6) is 0.330. The van der Waals surface area contributed by atoms with Gasteiger partial charge >= 0.3 is 0 Å². The smallest absolute Gasteiger partial charge is 0.252 e. The van der Waals surface area contributed by atoms with Gasteiger partial charge in [-0.1, -0.05) is 30.3 Å². The van der Waals surface area contributed by atoms with Gasteiger partial charge in [0, 0.05) is 50.3 Å². The van der Waals surface area contributed by atoms with E-state index >= 15 is 0 Å². The van der Waals surface area contributed by atoms with Crippen molar-refractivity contribution in [2.75, 3.05) is 46.1 Å². The van der Waals surface area contributed by atoms with Crippen molar-refractivity contribution < 1.29 is 14.3 Å². The maximum absolute atomic E-state index is 13.5. The number of nitrogens with zero attached hydrogens (tertiary/aromatic N) is 4. The van der Waals surface area contributed by atoms with Crippen molar-refractivity contribution in [1.29, 1.82) is 0 Å². The van der Waals surface area contributed by atoms with Gasteiger partial charge in [0.15, 0.2) is 5.65 Å². The van der Waals surface area contributed by atoms with E-state index in [9.17, 15) is 4.79 Å². The van der Waals surface area contributed by atoms with Gasteiger partial charge in [-0.3, -0.25) is 9.69 Å². The fraction of sp³-hybridized carbons (Fsp3) is 0.480. The maximum Gasteiger partial charge on any atom is 0.252 e. The van der Waals surface area contributed by atoms with Gasteiger partial charge in [-0.25, -0.2) is 9.67 Å². The van der Waals surface area contributed by atoms with Gasteiger partial charge in [0.05, 0.1) is 42.7 Å². The molecule has 0 spiro atoms. The van der Waals surface area contributed by atoms with Gasteiger partial charge in [0.25, 0.3) is 5.91 Å². The van der Waals surface area contributed by atoms with Gasteiger partial charge in [-0.2, -0.15) is 5.10 Å². The molecule has 0 saturated carbocycles. The van der Waals surface area contributed by atoms with Crippen LogP contribution >= 0.6 is 0 Å². The van der Waals surface area contributed by atoms with Gasteiger partial charge in [0.2, 0.25) is 0 Å². The Bertz CT molecular complexity index is 1090. The first kappa shape index (κ1) is 22.0. The maximum atomic E-state index is 13.5. The second kappa shape index (κ2) is 9.99. The Morgan fingerprint density at radius 1 is 1.18 bits per heavy atom. The summed E-state index contributed by atoms with van der Waals surface area (Å²) >= 11 is 0. The van der Waals surface area contributed by atoms with Crippen molar-refractivity contribution in [1.82, 2.24) is 25.0 Å². The lowest BCUT2D eigenvalue weighted by atomic mass is 9.96. The van der Waals surface area contributed by atoms with Crippen molar-refractivity contribution in [3.05, 3.63) is 48.2 Å². The Balaban J connectivity index is 1.42. The number of carbonyl (C=O) groups is 1. The predicted octanol–water partition coefficient (Wildman–Crippen LogP) is 2.59. The summed E-state index contributed by atoms with van der Waals surface area (Å²) in [4.78, 5) is 20.8. The van der Waals surface area contributed by atoms with Crippen LogP contribution in [0.4, 0.5) is 0 Å². The molecule has 0 aliphatic carbocycles. The summed E-state index contributed by atoms with van der Waals surface area (Å²) in [6.07, 6.45) is 2.78. The van der Waals surface area contributed by atoms with Gasteiger partial charge in [-0.15, -0.1) is 0 Å². The van der Waals surface area contributed by atoms with Crippen molar-refractivity contribution in [3.63, 3.8) is 0 Å². The molecule has 1 N–H and O–H groups in total. The second-order valence-electron chi connectivity index (χ2n) is 8.67. The normalized spacial score (nSPS) is 20.2. The third kappa shape index (κ3) is 4.64. The first-order valence-corrected chi connectivity index (χ1v) is 11.8. The van der Waals surface area contributed by atoms with E-state index < -0.39 is 0 Å². The quantitative estimate of drug-likeness (QED) is 0.597. The monoisotopic (exact) mass is 449 g/mol. The first-order chi connectivity index (χ1) is 16.2. The van der Waals surface area contributed by atoms with Gasteiger partial charge < -0.3 is 14.8 Å². The number of fused-ring (bicyclic) bond motifs is 1. The number of pyridine rings is 1. The highest BCUT2D eigenvalue weighted by Crippen LogP contribution is 2.26. The molecule has 2 fully saturated rings. The van der Waals surface area contributed by atoms with Crippen LogP contribution in [-0.4, -0.2) is 77.7 Å². The van der Waals surface area contributed by atoms with E-state index in [0.29, 0.717) is 24.6 Å². The summed E-state index contributed by atoms with van der Waals surface area (Å²) in [7, 11) is 0. The highest BCUT2D eigenvalue weighted by Gasteiger charge is 2.32. The molecule has 2 atom stereocenters. The highest BCUT2D eigenvalue weighted by atomic mass is 16.5. The fourth-order valence-corrected chi connectivity index (χ4v) is 4.88. The SMILES string of the molecule is CCn1ncc2c(C(=O)NCC(C3CCOC3)N3CCOCC3)cc(-c3ccccc3)nc21. The van der Waals surface area contributed by atoms with Gasteiger partial charge in [-0.05, 0) is 19.4 Å². The Hall–Kier alpha value is -2.81. The lowest BCUT2D eigenvalue weighted by Crippen LogP contribution is -2.52. The van der Waals surface area contributed by atoms with Crippen LogP contribution in [0, 0.1) is 5.92 Å². The molecular weight excluding hydrogens is 418 g/mol. The average Bonchev–Trinajstić information content (AvgIpc) is 3.55. The molecule has 1 aromatic carbocycles. The minimum atomic E-state index is -0.0904. The lowest BCUT2D eigenvalue weighted by molar-refractivity contribution is 0.00167. The number of hydrogen-bond acceptors (Lipinski definition) is 6. The Kier molecular flexibility index (Phi) is 6.66.